The molecule has 0 saturated heterocycles. The highest BCUT2D eigenvalue weighted by Crippen LogP contribution is 2.35. The van der Waals surface area contributed by atoms with Gasteiger partial charge in [0.05, 0.1) is 17.6 Å². The lowest BCUT2D eigenvalue weighted by Crippen LogP contribution is -2.17. The van der Waals surface area contributed by atoms with E-state index in [1.165, 1.54) is 0 Å². The van der Waals surface area contributed by atoms with Crippen molar-refractivity contribution in [2.75, 3.05) is 13.2 Å². The molecule has 0 aliphatic carbocycles. The number of halogens is 3. The standard InChI is InChI=1S/C25H24BrCl2N3O2/c1-2-32-23-11-17(14-29-10-9-25-30-21-5-3-4-6-22(21)31-25)19(26)13-24(23)33-15-16-7-8-18(27)12-20(16)28/h3-8,11-13,29H,2,9-10,14-15H2,1H3,(H,30,31). The second kappa shape index (κ2) is 11.3. The van der Waals surface area contributed by atoms with Crippen molar-refractivity contribution in [1.82, 2.24) is 15.3 Å². The highest BCUT2D eigenvalue weighted by molar-refractivity contribution is 9.10. The van der Waals surface area contributed by atoms with Crippen LogP contribution in [0.25, 0.3) is 11.0 Å². The van der Waals surface area contributed by atoms with Crippen molar-refractivity contribution in [1.29, 1.82) is 0 Å². The van der Waals surface area contributed by atoms with Crippen molar-refractivity contribution >= 4 is 50.2 Å². The number of aromatic amines is 1. The molecular weight excluding hydrogens is 525 g/mol. The Hall–Kier alpha value is -2.25. The van der Waals surface area contributed by atoms with Crippen LogP contribution in [0.1, 0.15) is 23.9 Å². The van der Waals surface area contributed by atoms with E-state index in [-0.39, 0.29) is 0 Å². The zero-order valence-electron chi connectivity index (χ0n) is 18.1. The molecule has 1 aromatic heterocycles. The van der Waals surface area contributed by atoms with Gasteiger partial charge in [-0.25, -0.2) is 4.98 Å². The van der Waals surface area contributed by atoms with Crippen LogP contribution in [0.5, 0.6) is 11.5 Å². The molecule has 4 rings (SSSR count). The van der Waals surface area contributed by atoms with Gasteiger partial charge in [-0.1, -0.05) is 57.3 Å². The number of benzene rings is 3. The second-order valence-electron chi connectivity index (χ2n) is 7.48. The first kappa shape index (κ1) is 23.9. The minimum atomic E-state index is 0.317. The minimum Gasteiger partial charge on any atom is -0.490 e. The number of fused-ring (bicyclic) bond motifs is 1. The number of para-hydroxylation sites is 2. The van der Waals surface area contributed by atoms with E-state index in [0.717, 1.165) is 45.4 Å². The van der Waals surface area contributed by atoms with Crippen LogP contribution in [0.2, 0.25) is 10.0 Å². The van der Waals surface area contributed by atoms with Gasteiger partial charge >= 0.3 is 0 Å². The van der Waals surface area contributed by atoms with Crippen LogP contribution < -0.4 is 14.8 Å². The van der Waals surface area contributed by atoms with Crippen molar-refractivity contribution in [2.45, 2.75) is 26.5 Å². The molecule has 0 saturated carbocycles. The van der Waals surface area contributed by atoms with Gasteiger partial charge in [-0.2, -0.15) is 0 Å². The number of imidazole rings is 1. The fourth-order valence-corrected chi connectivity index (χ4v) is 4.37. The third-order valence-electron chi connectivity index (χ3n) is 5.10. The van der Waals surface area contributed by atoms with Gasteiger partial charge in [0.2, 0.25) is 0 Å². The molecule has 0 amide bonds. The molecule has 0 aliphatic rings. The summed E-state index contributed by atoms with van der Waals surface area (Å²) in [6, 6.07) is 17.4. The van der Waals surface area contributed by atoms with Gasteiger partial charge < -0.3 is 19.8 Å². The molecule has 2 N–H and O–H groups in total. The third kappa shape index (κ3) is 6.21. The van der Waals surface area contributed by atoms with Crippen molar-refractivity contribution in [3.05, 3.63) is 86.1 Å². The first-order valence-corrected chi connectivity index (χ1v) is 12.2. The number of aromatic nitrogens is 2. The van der Waals surface area contributed by atoms with Gasteiger partial charge in [-0.15, -0.1) is 0 Å². The quantitative estimate of drug-likeness (QED) is 0.211. The maximum Gasteiger partial charge on any atom is 0.162 e. The predicted octanol–water partition coefficient (Wildman–Crippen LogP) is 6.94. The minimum absolute atomic E-state index is 0.317. The SMILES string of the molecule is CCOc1cc(CNCCc2nc3ccccc3[nH]2)c(Br)cc1OCc1ccc(Cl)cc1Cl. The Morgan fingerprint density at radius 3 is 2.61 bits per heavy atom. The number of ether oxygens (including phenoxy) is 2. The number of nitrogens with one attached hydrogen (secondary N) is 2. The number of hydrogen-bond donors (Lipinski definition) is 2. The summed E-state index contributed by atoms with van der Waals surface area (Å²) in [6.07, 6.45) is 0.813. The highest BCUT2D eigenvalue weighted by atomic mass is 79.9. The summed E-state index contributed by atoms with van der Waals surface area (Å²) >= 11 is 15.9. The lowest BCUT2D eigenvalue weighted by molar-refractivity contribution is 0.269. The maximum absolute atomic E-state index is 6.27. The summed E-state index contributed by atoms with van der Waals surface area (Å²) in [6.45, 7) is 4.29. The second-order valence-corrected chi connectivity index (χ2v) is 9.17. The maximum atomic E-state index is 6.27. The van der Waals surface area contributed by atoms with Gasteiger partial charge in [-0.3, -0.25) is 0 Å². The van der Waals surface area contributed by atoms with Crippen molar-refractivity contribution in [3.8, 4) is 11.5 Å². The first-order valence-electron chi connectivity index (χ1n) is 10.7. The highest BCUT2D eigenvalue weighted by Gasteiger charge is 2.12. The van der Waals surface area contributed by atoms with E-state index in [4.69, 9.17) is 32.7 Å². The molecule has 0 bridgehead atoms. The molecule has 3 aromatic carbocycles. The monoisotopic (exact) mass is 547 g/mol. The molecular formula is C25H24BrCl2N3O2. The van der Waals surface area contributed by atoms with Gasteiger partial charge in [0.25, 0.3) is 0 Å². The van der Waals surface area contributed by atoms with Crippen LogP contribution in [0.15, 0.2) is 59.1 Å². The summed E-state index contributed by atoms with van der Waals surface area (Å²) in [5.74, 6) is 2.32. The Morgan fingerprint density at radius 2 is 1.82 bits per heavy atom. The van der Waals surface area contributed by atoms with E-state index in [1.807, 2.05) is 49.4 Å². The van der Waals surface area contributed by atoms with E-state index in [9.17, 15) is 0 Å². The Bertz CT molecular complexity index is 1210. The topological polar surface area (TPSA) is 59.2 Å². The summed E-state index contributed by atoms with van der Waals surface area (Å²) in [5.41, 5.74) is 4.00. The van der Waals surface area contributed by atoms with Crippen LogP contribution in [0.3, 0.4) is 0 Å². The lowest BCUT2D eigenvalue weighted by atomic mass is 10.2. The lowest BCUT2D eigenvalue weighted by Gasteiger charge is -2.16. The fourth-order valence-electron chi connectivity index (χ4n) is 3.44. The molecule has 0 radical (unpaired) electrons. The van der Waals surface area contributed by atoms with Gasteiger partial charge in [0.1, 0.15) is 12.4 Å². The van der Waals surface area contributed by atoms with Gasteiger partial charge in [0.15, 0.2) is 11.5 Å². The largest absolute Gasteiger partial charge is 0.490 e. The molecule has 8 heteroatoms. The third-order valence-corrected chi connectivity index (χ3v) is 6.43. The Morgan fingerprint density at radius 1 is 1.00 bits per heavy atom. The molecule has 33 heavy (non-hydrogen) atoms. The van der Waals surface area contributed by atoms with Crippen molar-refractivity contribution in [2.24, 2.45) is 0 Å². The number of nitrogens with zero attached hydrogens (tertiary/aromatic N) is 1. The van der Waals surface area contributed by atoms with Crippen molar-refractivity contribution in [3.63, 3.8) is 0 Å². The molecule has 0 atom stereocenters. The number of rotatable bonds is 10. The summed E-state index contributed by atoms with van der Waals surface area (Å²) in [4.78, 5) is 7.98. The summed E-state index contributed by atoms with van der Waals surface area (Å²) in [5, 5.41) is 4.65. The fraction of sp³-hybridized carbons (Fsp3) is 0.240. The number of hydrogen-bond acceptors (Lipinski definition) is 4. The molecule has 5 nitrogen and oxygen atoms in total. The van der Waals surface area contributed by atoms with Crippen LogP contribution in [0.4, 0.5) is 0 Å². The van der Waals surface area contributed by atoms with E-state index in [0.29, 0.717) is 41.3 Å². The van der Waals surface area contributed by atoms with E-state index in [2.05, 4.69) is 31.2 Å². The molecule has 0 spiro atoms. The molecule has 1 heterocycles. The Kier molecular flexibility index (Phi) is 8.15. The van der Waals surface area contributed by atoms with Crippen LogP contribution in [0, 0.1) is 0 Å². The predicted molar refractivity (Wildman–Crippen MR) is 138 cm³/mol. The normalized spacial score (nSPS) is 11.2. The first-order chi connectivity index (χ1) is 16.0. The van der Waals surface area contributed by atoms with Gasteiger partial charge in [0, 0.05) is 39.6 Å². The smallest absolute Gasteiger partial charge is 0.162 e. The zero-order valence-corrected chi connectivity index (χ0v) is 21.2. The van der Waals surface area contributed by atoms with E-state index < -0.39 is 0 Å². The van der Waals surface area contributed by atoms with Crippen LogP contribution in [-0.2, 0) is 19.6 Å². The Labute approximate surface area is 211 Å². The zero-order chi connectivity index (χ0) is 23.2. The molecule has 0 unspecified atom stereocenters. The molecule has 0 aliphatic heterocycles. The van der Waals surface area contributed by atoms with E-state index in [1.54, 1.807) is 12.1 Å². The molecule has 172 valence electrons. The summed E-state index contributed by atoms with van der Waals surface area (Å²) in [7, 11) is 0. The van der Waals surface area contributed by atoms with Gasteiger partial charge in [-0.05, 0) is 48.9 Å². The molecule has 0 fully saturated rings. The number of H-pyrrole nitrogens is 1. The van der Waals surface area contributed by atoms with Crippen molar-refractivity contribution < 1.29 is 9.47 Å². The molecule has 4 aromatic rings. The van der Waals surface area contributed by atoms with Crippen LogP contribution in [-0.4, -0.2) is 23.1 Å². The Balaban J connectivity index is 1.38. The van der Waals surface area contributed by atoms with Crippen LogP contribution >= 0.6 is 39.1 Å². The average molecular weight is 549 g/mol. The average Bonchev–Trinajstić information content (AvgIpc) is 3.21. The van der Waals surface area contributed by atoms with E-state index >= 15 is 0 Å². The summed E-state index contributed by atoms with van der Waals surface area (Å²) < 4.78 is 12.8.